The summed E-state index contributed by atoms with van der Waals surface area (Å²) in [7, 11) is -2.35. The number of para-hydroxylation sites is 1. The van der Waals surface area contributed by atoms with Crippen molar-refractivity contribution in [2.24, 2.45) is 0 Å². The summed E-state index contributed by atoms with van der Waals surface area (Å²) in [6, 6.07) is 22.5. The fraction of sp³-hybridized carbons (Fsp3) is 0.510. The lowest BCUT2D eigenvalue weighted by Crippen LogP contribution is -2.60. The summed E-state index contributed by atoms with van der Waals surface area (Å²) in [5, 5.41) is 6.23. The van der Waals surface area contributed by atoms with Crippen molar-refractivity contribution in [3.8, 4) is 5.75 Å². The number of hydrogen-bond donors (Lipinski definition) is 2. The molecule has 3 amide bonds. The second-order valence-electron chi connectivity index (χ2n) is 18.6. The molecule has 2 N–H and O–H groups in total. The first-order chi connectivity index (χ1) is 31.4. The minimum absolute atomic E-state index is 0.0194. The third kappa shape index (κ3) is 9.36. The van der Waals surface area contributed by atoms with Gasteiger partial charge in [0.25, 0.3) is 5.91 Å². The standard InChI is InChI=1S/C49H59FN5O8PS/c1-4-23-62-48(59)31(2)52-64(60,63-39-13-9-6-10-14-39)44(50)33-15-20-42-34(24-33)25-43(65-42)45(56)51-40-18-16-36(53(3)38-29-61-30-38)26-37-17-19-41(55(37)46(40)57)47(58)54-28-35(27-49(54)21-22-49)32-11-7-5-8-12-32/h5-15,20,24-25,31,35-38,40-41,44H,4,16-19,21-23,26-30H2,1-3H3,(H,51,56)(H,52,60)/t31-,35-,36-,37+,40-,41-,44+,64+/m0/s1. The van der Waals surface area contributed by atoms with Crippen molar-refractivity contribution in [3.63, 3.8) is 0 Å². The van der Waals surface area contributed by atoms with Crippen molar-refractivity contribution < 1.29 is 42.1 Å². The number of likely N-dealkylation sites (tertiary alicyclic amines) is 1. The van der Waals surface area contributed by atoms with Crippen LogP contribution < -0.4 is 14.9 Å². The lowest BCUT2D eigenvalue weighted by molar-refractivity contribution is -0.149. The number of hydrogen-bond acceptors (Lipinski definition) is 10. The fourth-order valence-corrected chi connectivity index (χ4v) is 13.2. The van der Waals surface area contributed by atoms with E-state index in [4.69, 9.17) is 14.0 Å². The number of rotatable bonds is 15. The lowest BCUT2D eigenvalue weighted by atomic mass is 9.92. The summed E-state index contributed by atoms with van der Waals surface area (Å²) >= 11 is 1.20. The molecule has 16 heteroatoms. The number of halogens is 1. The number of carbonyl (C=O) groups excluding carboxylic acids is 4. The number of nitrogens with one attached hydrogen (secondary N) is 2. The van der Waals surface area contributed by atoms with Gasteiger partial charge in [0.1, 0.15) is 23.9 Å². The quantitative estimate of drug-likeness (QED) is 0.0890. The Morgan fingerprint density at radius 1 is 0.985 bits per heavy atom. The Labute approximate surface area is 383 Å². The van der Waals surface area contributed by atoms with Crippen molar-refractivity contribution in [1.29, 1.82) is 0 Å². The number of likely N-dealkylation sites (N-methyl/N-ethyl adjacent to an activating group) is 1. The van der Waals surface area contributed by atoms with Crippen LogP contribution in [0.15, 0.2) is 84.9 Å². The van der Waals surface area contributed by atoms with Crippen LogP contribution in [0.3, 0.4) is 0 Å². The van der Waals surface area contributed by atoms with E-state index in [0.29, 0.717) is 66.8 Å². The van der Waals surface area contributed by atoms with Crippen LogP contribution >= 0.6 is 18.9 Å². The van der Waals surface area contributed by atoms with Gasteiger partial charge < -0.3 is 29.1 Å². The zero-order valence-corrected chi connectivity index (χ0v) is 38.9. The summed E-state index contributed by atoms with van der Waals surface area (Å²) < 4.78 is 48.4. The summed E-state index contributed by atoms with van der Waals surface area (Å²) in [4.78, 5) is 63.3. The molecule has 346 valence electrons. The smallest absolute Gasteiger partial charge is 0.355 e. The third-order valence-corrected chi connectivity index (χ3v) is 17.5. The maximum Gasteiger partial charge on any atom is 0.355 e. The second-order valence-corrected chi connectivity index (χ2v) is 21.8. The molecule has 0 unspecified atom stereocenters. The molecule has 0 radical (unpaired) electrons. The number of carbonyl (C=O) groups is 4. The number of alkyl halides is 1. The van der Waals surface area contributed by atoms with Crippen LogP contribution in [0.4, 0.5) is 4.39 Å². The largest absolute Gasteiger partial charge is 0.465 e. The van der Waals surface area contributed by atoms with E-state index >= 15 is 4.39 Å². The minimum Gasteiger partial charge on any atom is -0.465 e. The van der Waals surface area contributed by atoms with E-state index in [0.717, 1.165) is 25.7 Å². The molecule has 13 nitrogen and oxygen atoms in total. The van der Waals surface area contributed by atoms with E-state index in [1.54, 1.807) is 42.5 Å². The molecule has 1 aliphatic carbocycles. The highest BCUT2D eigenvalue weighted by atomic mass is 32.1. The SMILES string of the molecule is CCCOC(=O)[C@H](C)N[P@](=O)(Oc1ccccc1)[C@@H](F)c1ccc2sc(C(=O)N[C@H]3CC[C@H](N(C)C4COC4)C[C@H]4CC[C@@H](C(=O)N5C[C@@H](c6ccccc6)CC56CC6)N4C3=O)cc2c1. The summed E-state index contributed by atoms with van der Waals surface area (Å²) in [6.45, 7) is 5.40. The Hall–Kier alpha value is -4.66. The zero-order valence-electron chi connectivity index (χ0n) is 37.2. The number of thiophene rings is 1. The second kappa shape index (κ2) is 18.9. The van der Waals surface area contributed by atoms with E-state index in [1.807, 2.05) is 30.0 Å². The molecular weight excluding hydrogens is 869 g/mol. The highest BCUT2D eigenvalue weighted by molar-refractivity contribution is 7.57. The Bertz CT molecular complexity index is 2430. The number of ether oxygens (including phenoxy) is 2. The van der Waals surface area contributed by atoms with Gasteiger partial charge in [0.2, 0.25) is 17.7 Å². The average molecular weight is 928 g/mol. The number of esters is 1. The molecule has 4 aliphatic heterocycles. The van der Waals surface area contributed by atoms with Crippen molar-refractivity contribution in [3.05, 3.63) is 101 Å². The molecule has 8 atom stereocenters. The first-order valence-corrected chi connectivity index (χ1v) is 25.6. The van der Waals surface area contributed by atoms with E-state index < -0.39 is 43.4 Å². The Morgan fingerprint density at radius 2 is 1.72 bits per heavy atom. The molecule has 5 aliphatic rings. The van der Waals surface area contributed by atoms with Gasteiger partial charge >= 0.3 is 13.5 Å². The van der Waals surface area contributed by atoms with Crippen molar-refractivity contribution in [1.82, 2.24) is 25.1 Å². The van der Waals surface area contributed by atoms with Gasteiger partial charge in [0.15, 0.2) is 0 Å². The molecule has 1 spiro atoms. The molecule has 0 bridgehead atoms. The Morgan fingerprint density at radius 3 is 2.42 bits per heavy atom. The molecule has 1 saturated carbocycles. The molecule has 9 rings (SSSR count). The van der Waals surface area contributed by atoms with E-state index in [-0.39, 0.29) is 59.3 Å². The van der Waals surface area contributed by atoms with Crippen LogP contribution in [0.2, 0.25) is 0 Å². The lowest BCUT2D eigenvalue weighted by Gasteiger charge is -2.44. The van der Waals surface area contributed by atoms with Gasteiger partial charge in [0, 0.05) is 34.8 Å². The third-order valence-electron chi connectivity index (χ3n) is 14.2. The van der Waals surface area contributed by atoms with Gasteiger partial charge in [-0.25, -0.2) is 9.48 Å². The molecule has 4 saturated heterocycles. The van der Waals surface area contributed by atoms with E-state index in [1.165, 1.54) is 36.0 Å². The van der Waals surface area contributed by atoms with Crippen LogP contribution in [-0.4, -0.2) is 114 Å². The first-order valence-electron chi connectivity index (χ1n) is 23.1. The van der Waals surface area contributed by atoms with Crippen LogP contribution in [0, 0.1) is 0 Å². The maximum absolute atomic E-state index is 16.7. The normalized spacial score (nSPS) is 25.9. The monoisotopic (exact) mass is 927 g/mol. The van der Waals surface area contributed by atoms with Crippen molar-refractivity contribution in [2.45, 2.75) is 125 Å². The van der Waals surface area contributed by atoms with E-state index in [9.17, 15) is 23.7 Å². The molecule has 1 aromatic heterocycles. The molecule has 4 aromatic rings. The number of nitrogens with zero attached hydrogens (tertiary/aromatic N) is 3. The van der Waals surface area contributed by atoms with Gasteiger partial charge in [0.05, 0.1) is 30.7 Å². The van der Waals surface area contributed by atoms with Gasteiger partial charge in [-0.1, -0.05) is 61.5 Å². The molecule has 5 fully saturated rings. The highest BCUT2D eigenvalue weighted by Gasteiger charge is 2.59. The maximum atomic E-state index is 16.7. The minimum atomic E-state index is -4.47. The summed E-state index contributed by atoms with van der Waals surface area (Å²) in [6.07, 6.45) is 6.57. The highest BCUT2D eigenvalue weighted by Crippen LogP contribution is 2.58. The molecule has 5 heterocycles. The number of fused-ring (bicyclic) bond motifs is 2. The molecule has 65 heavy (non-hydrogen) atoms. The fourth-order valence-electron chi connectivity index (χ4n) is 10.3. The van der Waals surface area contributed by atoms with Crippen LogP contribution in [0.5, 0.6) is 5.75 Å². The van der Waals surface area contributed by atoms with Gasteiger partial charge in [-0.2, -0.15) is 0 Å². The topological polar surface area (TPSA) is 147 Å². The molecule has 3 aromatic carbocycles. The first kappa shape index (κ1) is 45.5. The predicted molar refractivity (Wildman–Crippen MR) is 247 cm³/mol. The van der Waals surface area contributed by atoms with E-state index in [2.05, 4.69) is 39.4 Å². The Kier molecular flexibility index (Phi) is 13.2. The van der Waals surface area contributed by atoms with Crippen molar-refractivity contribution in [2.75, 3.05) is 33.4 Å². The van der Waals surface area contributed by atoms with Gasteiger partial charge in [-0.3, -0.25) is 28.6 Å². The van der Waals surface area contributed by atoms with Gasteiger partial charge in [-0.15, -0.1) is 11.3 Å². The summed E-state index contributed by atoms with van der Waals surface area (Å²) in [5.41, 5.74) is 1.11. The predicted octanol–water partition coefficient (Wildman–Crippen LogP) is 7.96. The van der Waals surface area contributed by atoms with Gasteiger partial charge in [-0.05, 0) is 119 Å². The van der Waals surface area contributed by atoms with Crippen molar-refractivity contribution >= 4 is 52.6 Å². The number of benzene rings is 3. The average Bonchev–Trinajstić information content (AvgIpc) is 3.56. The summed E-state index contributed by atoms with van der Waals surface area (Å²) in [5.74, 6) is -3.12. The van der Waals surface area contributed by atoms with Crippen LogP contribution in [0.1, 0.15) is 104 Å². The van der Waals surface area contributed by atoms with Crippen LogP contribution in [0.25, 0.3) is 10.1 Å². The zero-order chi connectivity index (χ0) is 45.5. The van der Waals surface area contributed by atoms with Crippen LogP contribution in [-0.2, 0) is 28.4 Å². The molecular formula is C49H59FN5O8PS. The Balaban J connectivity index is 0.949. The number of amides is 3.